The van der Waals surface area contributed by atoms with Crippen LogP contribution in [0.5, 0.6) is 0 Å². The van der Waals surface area contributed by atoms with Gasteiger partial charge in [-0.1, -0.05) is 0 Å². The van der Waals surface area contributed by atoms with Gasteiger partial charge in [-0.3, -0.25) is 4.79 Å². The van der Waals surface area contributed by atoms with Gasteiger partial charge in [0, 0.05) is 13.5 Å². The number of ether oxygens (including phenoxy) is 3. The van der Waals surface area contributed by atoms with E-state index in [0.717, 1.165) is 0 Å². The van der Waals surface area contributed by atoms with E-state index in [2.05, 4.69) is 0 Å². The van der Waals surface area contributed by atoms with Crippen molar-refractivity contribution in [3.8, 4) is 0 Å². The van der Waals surface area contributed by atoms with Crippen LogP contribution in [0.4, 0.5) is 0 Å². The zero-order valence-corrected chi connectivity index (χ0v) is 8.73. The van der Waals surface area contributed by atoms with Crippen LogP contribution in [0.2, 0.25) is 0 Å². The van der Waals surface area contributed by atoms with Crippen LogP contribution in [0.25, 0.3) is 0 Å². The van der Waals surface area contributed by atoms with Gasteiger partial charge in [0.05, 0.1) is 6.10 Å². The van der Waals surface area contributed by atoms with Crippen LogP contribution < -0.4 is 0 Å². The van der Waals surface area contributed by atoms with Crippen molar-refractivity contribution in [3.05, 3.63) is 12.2 Å². The molecule has 1 rings (SSSR count). The third kappa shape index (κ3) is 3.12. The van der Waals surface area contributed by atoms with Gasteiger partial charge in [-0.15, -0.1) is 0 Å². The monoisotopic (exact) mass is 200 g/mol. The molecule has 14 heavy (non-hydrogen) atoms. The minimum atomic E-state index is -0.318. The second-order valence-corrected chi connectivity index (χ2v) is 3.12. The molecule has 0 aromatic heterocycles. The van der Waals surface area contributed by atoms with Gasteiger partial charge in [0.2, 0.25) is 0 Å². The first kappa shape index (κ1) is 11.2. The normalized spacial score (nSPS) is 31.5. The molecule has 0 radical (unpaired) electrons. The smallest absolute Gasteiger partial charge is 0.303 e. The Morgan fingerprint density at radius 1 is 1.50 bits per heavy atom. The zero-order valence-electron chi connectivity index (χ0n) is 8.73. The van der Waals surface area contributed by atoms with Gasteiger partial charge < -0.3 is 14.2 Å². The van der Waals surface area contributed by atoms with Crippen LogP contribution in [0.3, 0.4) is 0 Å². The lowest BCUT2D eigenvalue weighted by atomic mass is 10.1. The molecular formula is C10H16O4. The Morgan fingerprint density at radius 3 is 2.71 bits per heavy atom. The highest BCUT2D eigenvalue weighted by atomic mass is 16.7. The van der Waals surface area contributed by atoms with E-state index in [9.17, 15) is 4.79 Å². The lowest BCUT2D eigenvalue weighted by molar-refractivity contribution is -0.179. The molecule has 0 saturated heterocycles. The van der Waals surface area contributed by atoms with Gasteiger partial charge in [-0.05, 0) is 26.0 Å². The van der Waals surface area contributed by atoms with E-state index in [1.807, 2.05) is 13.8 Å². The molecule has 0 aromatic carbocycles. The maximum Gasteiger partial charge on any atom is 0.303 e. The predicted octanol–water partition coefficient (Wildman–Crippen LogP) is 1.26. The Bertz CT molecular complexity index is 224. The number of carbonyl (C=O) groups is 1. The zero-order chi connectivity index (χ0) is 10.6. The SMILES string of the molecule is CCO[C@@H]1C=C[C@H](OC(C)=O)[C@@H](C)O1. The Morgan fingerprint density at radius 2 is 2.21 bits per heavy atom. The average Bonchev–Trinajstić information content (AvgIpc) is 2.10. The molecule has 0 amide bonds. The van der Waals surface area contributed by atoms with Gasteiger partial charge in [0.25, 0.3) is 0 Å². The van der Waals surface area contributed by atoms with Crippen molar-refractivity contribution in [2.24, 2.45) is 0 Å². The summed E-state index contributed by atoms with van der Waals surface area (Å²) >= 11 is 0. The third-order valence-corrected chi connectivity index (χ3v) is 1.90. The molecule has 0 fully saturated rings. The summed E-state index contributed by atoms with van der Waals surface area (Å²) in [4.78, 5) is 10.7. The van der Waals surface area contributed by atoms with Gasteiger partial charge in [0.1, 0.15) is 6.10 Å². The molecule has 1 aliphatic heterocycles. The fraction of sp³-hybridized carbons (Fsp3) is 0.700. The van der Waals surface area contributed by atoms with E-state index >= 15 is 0 Å². The highest BCUT2D eigenvalue weighted by Crippen LogP contribution is 2.16. The summed E-state index contributed by atoms with van der Waals surface area (Å²) in [5.41, 5.74) is 0. The van der Waals surface area contributed by atoms with E-state index in [4.69, 9.17) is 14.2 Å². The van der Waals surface area contributed by atoms with Gasteiger partial charge >= 0.3 is 5.97 Å². The van der Waals surface area contributed by atoms with E-state index < -0.39 is 0 Å². The second kappa shape index (κ2) is 5.12. The Hall–Kier alpha value is -0.870. The molecule has 0 spiro atoms. The van der Waals surface area contributed by atoms with Crippen LogP contribution >= 0.6 is 0 Å². The van der Waals surface area contributed by atoms with Crippen molar-refractivity contribution in [1.29, 1.82) is 0 Å². The fourth-order valence-corrected chi connectivity index (χ4v) is 1.28. The molecule has 3 atom stereocenters. The summed E-state index contributed by atoms with van der Waals surface area (Å²) in [6, 6.07) is 0. The van der Waals surface area contributed by atoms with E-state index in [0.29, 0.717) is 6.61 Å². The van der Waals surface area contributed by atoms with Crippen molar-refractivity contribution >= 4 is 5.97 Å². The van der Waals surface area contributed by atoms with Crippen molar-refractivity contribution < 1.29 is 19.0 Å². The summed E-state index contributed by atoms with van der Waals surface area (Å²) in [5, 5.41) is 0. The molecular weight excluding hydrogens is 184 g/mol. The quantitative estimate of drug-likeness (QED) is 0.508. The molecule has 0 aromatic rings. The van der Waals surface area contributed by atoms with Crippen molar-refractivity contribution in [1.82, 2.24) is 0 Å². The number of hydrogen-bond acceptors (Lipinski definition) is 4. The minimum absolute atomic E-state index is 0.166. The molecule has 4 nitrogen and oxygen atoms in total. The van der Waals surface area contributed by atoms with Crippen molar-refractivity contribution in [2.45, 2.75) is 39.3 Å². The van der Waals surface area contributed by atoms with E-state index in [1.165, 1.54) is 6.92 Å². The van der Waals surface area contributed by atoms with Crippen LogP contribution in [0.15, 0.2) is 12.2 Å². The molecule has 0 unspecified atom stereocenters. The number of carbonyl (C=O) groups excluding carboxylic acids is 1. The largest absolute Gasteiger partial charge is 0.456 e. The summed E-state index contributed by atoms with van der Waals surface area (Å²) in [7, 11) is 0. The van der Waals surface area contributed by atoms with Crippen LogP contribution in [-0.4, -0.2) is 31.1 Å². The van der Waals surface area contributed by atoms with Crippen molar-refractivity contribution in [2.75, 3.05) is 6.61 Å². The first-order valence-corrected chi connectivity index (χ1v) is 4.76. The van der Waals surface area contributed by atoms with Crippen LogP contribution in [0.1, 0.15) is 20.8 Å². The molecule has 4 heteroatoms. The maximum atomic E-state index is 10.7. The molecule has 1 aliphatic rings. The number of rotatable bonds is 3. The van der Waals surface area contributed by atoms with E-state index in [-0.39, 0.29) is 24.5 Å². The van der Waals surface area contributed by atoms with Gasteiger partial charge in [0.15, 0.2) is 6.29 Å². The summed E-state index contributed by atoms with van der Waals surface area (Å²) in [6.45, 7) is 5.73. The molecule has 0 aliphatic carbocycles. The standard InChI is InChI=1S/C10H16O4/c1-4-12-10-6-5-9(7(2)13-10)14-8(3)11/h5-7,9-10H,4H2,1-3H3/t7-,9+,10+/m1/s1. The number of hydrogen-bond donors (Lipinski definition) is 0. The Labute approximate surface area is 83.8 Å². The third-order valence-electron chi connectivity index (χ3n) is 1.90. The highest BCUT2D eigenvalue weighted by molar-refractivity contribution is 5.66. The topological polar surface area (TPSA) is 44.8 Å². The highest BCUT2D eigenvalue weighted by Gasteiger charge is 2.25. The first-order chi connectivity index (χ1) is 6.63. The van der Waals surface area contributed by atoms with Crippen LogP contribution in [-0.2, 0) is 19.0 Å². The minimum Gasteiger partial charge on any atom is -0.456 e. The van der Waals surface area contributed by atoms with E-state index in [1.54, 1.807) is 12.2 Å². The summed E-state index contributed by atoms with van der Waals surface area (Å²) in [6.07, 6.45) is 2.78. The molecule has 80 valence electrons. The molecule has 0 saturated carbocycles. The molecule has 0 bridgehead atoms. The molecule has 1 heterocycles. The lowest BCUT2D eigenvalue weighted by Crippen LogP contribution is -2.36. The van der Waals surface area contributed by atoms with Gasteiger partial charge in [-0.25, -0.2) is 0 Å². The second-order valence-electron chi connectivity index (χ2n) is 3.12. The lowest BCUT2D eigenvalue weighted by Gasteiger charge is -2.28. The summed E-state index contributed by atoms with van der Waals surface area (Å²) in [5.74, 6) is -0.301. The van der Waals surface area contributed by atoms with Gasteiger partial charge in [-0.2, -0.15) is 0 Å². The predicted molar refractivity (Wildman–Crippen MR) is 50.7 cm³/mol. The Balaban J connectivity index is 2.49. The first-order valence-electron chi connectivity index (χ1n) is 4.76. The molecule has 0 N–H and O–H groups in total. The van der Waals surface area contributed by atoms with Crippen molar-refractivity contribution in [3.63, 3.8) is 0 Å². The number of esters is 1. The van der Waals surface area contributed by atoms with Crippen LogP contribution in [0, 0.1) is 0 Å². The fourth-order valence-electron chi connectivity index (χ4n) is 1.28. The summed E-state index contributed by atoms with van der Waals surface area (Å²) < 4.78 is 15.7. The average molecular weight is 200 g/mol. The Kier molecular flexibility index (Phi) is 4.10. The maximum absolute atomic E-state index is 10.7.